The van der Waals surface area contributed by atoms with E-state index >= 15 is 0 Å². The number of piperidine rings is 1. The first-order valence-corrected chi connectivity index (χ1v) is 12.8. The van der Waals surface area contributed by atoms with Crippen LogP contribution in [0.1, 0.15) is 78.4 Å². The summed E-state index contributed by atoms with van der Waals surface area (Å²) < 4.78 is 5.82. The highest BCUT2D eigenvalue weighted by Gasteiger charge is 2.50. The molecule has 196 valence electrons. The van der Waals surface area contributed by atoms with E-state index in [1.165, 1.54) is 11.1 Å². The number of carboxylic acids is 1. The van der Waals surface area contributed by atoms with Crippen LogP contribution in [0, 0.1) is 5.92 Å². The van der Waals surface area contributed by atoms with Gasteiger partial charge in [0.1, 0.15) is 6.61 Å². The Morgan fingerprint density at radius 1 is 1.08 bits per heavy atom. The van der Waals surface area contributed by atoms with E-state index < -0.39 is 28.7 Å². The van der Waals surface area contributed by atoms with E-state index in [1.54, 1.807) is 18.9 Å². The standard InChI is InChI=1S/C29H40N2O5/c1-26(2)16-19(17-27(3,4)31(26)36-28(5,6)24(32)33)30-25(34)35-18-21-20-12-8-9-13-22(20)29(7)15-11-10-14-23(21)29/h8-15,19,21,23H,16-18H2,1-7H3,(H,30,34)(H,32,33). The topological polar surface area (TPSA) is 88.1 Å². The van der Waals surface area contributed by atoms with Gasteiger partial charge in [-0.1, -0.05) is 55.5 Å². The predicted octanol–water partition coefficient (Wildman–Crippen LogP) is 5.33. The Labute approximate surface area is 214 Å². The number of hydrogen-bond donors (Lipinski definition) is 2. The molecule has 1 fully saturated rings. The largest absolute Gasteiger partial charge is 0.479 e. The van der Waals surface area contributed by atoms with Crippen LogP contribution >= 0.6 is 0 Å². The van der Waals surface area contributed by atoms with Crippen molar-refractivity contribution in [3.8, 4) is 0 Å². The molecule has 1 aromatic carbocycles. The summed E-state index contributed by atoms with van der Waals surface area (Å²) >= 11 is 0. The Kier molecular flexibility index (Phi) is 6.63. The van der Waals surface area contributed by atoms with E-state index in [-0.39, 0.29) is 23.3 Å². The molecule has 1 aliphatic heterocycles. The average molecular weight is 497 g/mol. The van der Waals surface area contributed by atoms with Gasteiger partial charge in [-0.15, -0.1) is 0 Å². The van der Waals surface area contributed by atoms with Crippen LogP contribution in [0.25, 0.3) is 0 Å². The van der Waals surface area contributed by atoms with Gasteiger partial charge in [0.15, 0.2) is 5.60 Å². The number of ether oxygens (including phenoxy) is 1. The van der Waals surface area contributed by atoms with Crippen molar-refractivity contribution in [3.63, 3.8) is 0 Å². The van der Waals surface area contributed by atoms with Gasteiger partial charge >= 0.3 is 12.1 Å². The summed E-state index contributed by atoms with van der Waals surface area (Å²) in [4.78, 5) is 30.6. The molecule has 7 heteroatoms. The summed E-state index contributed by atoms with van der Waals surface area (Å²) in [6.07, 6.45) is 9.43. The Bertz CT molecular complexity index is 1070. The van der Waals surface area contributed by atoms with Gasteiger partial charge in [-0.05, 0) is 65.5 Å². The summed E-state index contributed by atoms with van der Waals surface area (Å²) in [5, 5.41) is 14.4. The lowest BCUT2D eigenvalue weighted by Gasteiger charge is -2.55. The van der Waals surface area contributed by atoms with Gasteiger partial charge in [0.05, 0.1) is 0 Å². The van der Waals surface area contributed by atoms with Crippen LogP contribution in [0.2, 0.25) is 0 Å². The van der Waals surface area contributed by atoms with Crippen molar-refractivity contribution < 1.29 is 24.3 Å². The number of alkyl carbamates (subject to hydrolysis) is 1. The molecule has 3 aliphatic rings. The zero-order chi connectivity index (χ0) is 26.5. The molecule has 1 aromatic rings. The maximum Gasteiger partial charge on any atom is 0.407 e. The number of fused-ring (bicyclic) bond motifs is 3. The molecule has 7 nitrogen and oxygen atoms in total. The number of hydrogen-bond acceptors (Lipinski definition) is 5. The molecule has 3 unspecified atom stereocenters. The van der Waals surface area contributed by atoms with Crippen molar-refractivity contribution >= 4 is 12.1 Å². The molecule has 0 bridgehead atoms. The number of nitrogens with zero attached hydrogens (tertiary/aromatic N) is 1. The number of nitrogens with one attached hydrogen (secondary N) is 1. The Balaban J connectivity index is 1.41. The highest BCUT2D eigenvalue weighted by atomic mass is 16.7. The SMILES string of the molecule is CC(C)(ON1C(C)(C)CC(NC(=O)OCC2c3ccccc3C3(C)C=CC=CC23)CC1(C)C)C(=O)O. The number of amides is 1. The molecule has 4 rings (SSSR count). The third kappa shape index (κ3) is 4.71. The molecule has 1 amide bonds. The Morgan fingerprint density at radius 2 is 1.72 bits per heavy atom. The normalized spacial score (nSPS) is 28.9. The molecule has 36 heavy (non-hydrogen) atoms. The van der Waals surface area contributed by atoms with E-state index in [4.69, 9.17) is 9.57 Å². The Hall–Kier alpha value is -2.64. The van der Waals surface area contributed by atoms with Crippen LogP contribution in [0.15, 0.2) is 48.6 Å². The van der Waals surface area contributed by atoms with E-state index in [1.807, 2.05) is 33.8 Å². The number of carbonyl (C=O) groups is 2. The van der Waals surface area contributed by atoms with E-state index in [0.717, 1.165) is 0 Å². The van der Waals surface area contributed by atoms with Gasteiger partial charge in [0.2, 0.25) is 0 Å². The minimum Gasteiger partial charge on any atom is -0.479 e. The highest BCUT2D eigenvalue weighted by molar-refractivity contribution is 5.76. The van der Waals surface area contributed by atoms with Crippen LogP contribution in [0.3, 0.4) is 0 Å². The molecule has 3 atom stereocenters. The maximum atomic E-state index is 13.0. The minimum absolute atomic E-state index is 0.0968. The van der Waals surface area contributed by atoms with E-state index in [9.17, 15) is 14.7 Å². The maximum absolute atomic E-state index is 13.0. The van der Waals surface area contributed by atoms with Gasteiger partial charge in [-0.3, -0.25) is 4.84 Å². The van der Waals surface area contributed by atoms with Crippen molar-refractivity contribution in [1.82, 2.24) is 10.4 Å². The predicted molar refractivity (Wildman–Crippen MR) is 139 cm³/mol. The molecule has 2 N–H and O–H groups in total. The van der Waals surface area contributed by atoms with Crippen LogP contribution < -0.4 is 5.32 Å². The molecule has 0 spiro atoms. The highest BCUT2D eigenvalue weighted by Crippen LogP contribution is 2.53. The first-order valence-electron chi connectivity index (χ1n) is 12.8. The van der Waals surface area contributed by atoms with Crippen LogP contribution in [-0.2, 0) is 19.8 Å². The van der Waals surface area contributed by atoms with Gasteiger partial charge < -0.3 is 15.2 Å². The number of carboxylic acid groups (broad SMARTS) is 1. The summed E-state index contributed by atoms with van der Waals surface area (Å²) in [7, 11) is 0. The second-order valence-electron chi connectivity index (χ2n) is 12.4. The van der Waals surface area contributed by atoms with Crippen molar-refractivity contribution in [2.75, 3.05) is 6.61 Å². The molecule has 2 aliphatic carbocycles. The molecule has 0 radical (unpaired) electrons. The lowest BCUT2D eigenvalue weighted by Crippen LogP contribution is -2.66. The zero-order valence-electron chi connectivity index (χ0n) is 22.5. The van der Waals surface area contributed by atoms with Gasteiger partial charge in [0.25, 0.3) is 0 Å². The van der Waals surface area contributed by atoms with Gasteiger partial charge in [0, 0.05) is 34.4 Å². The monoisotopic (exact) mass is 496 g/mol. The van der Waals surface area contributed by atoms with Crippen molar-refractivity contribution in [1.29, 1.82) is 0 Å². The number of rotatable bonds is 6. The summed E-state index contributed by atoms with van der Waals surface area (Å²) in [6.45, 7) is 13.7. The fourth-order valence-electron chi connectivity index (χ4n) is 6.52. The molecular formula is C29H40N2O5. The van der Waals surface area contributed by atoms with Crippen LogP contribution in [0.4, 0.5) is 4.79 Å². The van der Waals surface area contributed by atoms with Crippen LogP contribution in [0.5, 0.6) is 0 Å². The fourth-order valence-corrected chi connectivity index (χ4v) is 6.52. The quantitative estimate of drug-likeness (QED) is 0.554. The third-order valence-electron chi connectivity index (χ3n) is 8.08. The molecule has 1 saturated heterocycles. The smallest absolute Gasteiger partial charge is 0.407 e. The second kappa shape index (κ2) is 9.03. The first kappa shape index (κ1) is 26.4. The van der Waals surface area contributed by atoms with Crippen molar-refractivity contribution in [2.45, 2.75) is 95.4 Å². The average Bonchev–Trinajstić information content (AvgIpc) is 3.02. The lowest BCUT2D eigenvalue weighted by atomic mass is 9.72. The molecule has 0 saturated carbocycles. The zero-order valence-corrected chi connectivity index (χ0v) is 22.5. The molecule has 0 aromatic heterocycles. The number of hydroxylamine groups is 2. The van der Waals surface area contributed by atoms with Gasteiger partial charge in [-0.2, -0.15) is 5.06 Å². The third-order valence-corrected chi connectivity index (χ3v) is 8.08. The molecule has 1 heterocycles. The summed E-state index contributed by atoms with van der Waals surface area (Å²) in [6, 6.07) is 8.31. The number of benzene rings is 1. The first-order chi connectivity index (χ1) is 16.7. The van der Waals surface area contributed by atoms with Crippen molar-refractivity contribution in [2.24, 2.45) is 5.92 Å². The number of aliphatic carboxylic acids is 1. The van der Waals surface area contributed by atoms with Gasteiger partial charge in [-0.25, -0.2) is 9.59 Å². The Morgan fingerprint density at radius 3 is 2.36 bits per heavy atom. The lowest BCUT2D eigenvalue weighted by molar-refractivity contribution is -0.325. The summed E-state index contributed by atoms with van der Waals surface area (Å²) in [5.41, 5.74) is 0.0751. The van der Waals surface area contributed by atoms with Crippen LogP contribution in [-0.4, -0.2) is 51.6 Å². The summed E-state index contributed by atoms with van der Waals surface area (Å²) in [5.74, 6) is -0.686. The van der Waals surface area contributed by atoms with E-state index in [2.05, 4.69) is 54.7 Å². The minimum atomic E-state index is -1.36. The number of allylic oxidation sites excluding steroid dienone is 4. The fraction of sp³-hybridized carbons (Fsp3) is 0.586. The van der Waals surface area contributed by atoms with E-state index in [0.29, 0.717) is 19.4 Å². The second-order valence-corrected chi connectivity index (χ2v) is 12.4. The number of carbonyl (C=O) groups excluding carboxylic acids is 1. The molecular weight excluding hydrogens is 456 g/mol. The van der Waals surface area contributed by atoms with Crippen molar-refractivity contribution in [3.05, 3.63) is 59.7 Å².